The number of benzene rings is 1. The first-order valence-corrected chi connectivity index (χ1v) is 6.70. The Hall–Kier alpha value is -2.22. The van der Waals surface area contributed by atoms with Crippen LogP contribution in [0, 0.1) is 0 Å². The van der Waals surface area contributed by atoms with Crippen LogP contribution < -0.4 is 10.6 Å². The lowest BCUT2D eigenvalue weighted by molar-refractivity contribution is -0.139. The normalized spacial score (nSPS) is 11.5. The summed E-state index contributed by atoms with van der Waals surface area (Å²) >= 11 is 3.06. The van der Waals surface area contributed by atoms with E-state index in [0.29, 0.717) is 10.0 Å². The van der Waals surface area contributed by atoms with Crippen LogP contribution in [0.4, 0.5) is 4.79 Å². The van der Waals surface area contributed by atoms with E-state index in [1.54, 1.807) is 0 Å². The molecule has 1 rings (SSSR count). The Morgan fingerprint density at radius 2 is 1.95 bits per heavy atom. The van der Waals surface area contributed by atoms with Gasteiger partial charge in [-0.3, -0.25) is 0 Å². The predicted octanol–water partition coefficient (Wildman–Crippen LogP) is 1.30. The van der Waals surface area contributed by atoms with Gasteiger partial charge in [0.1, 0.15) is 6.04 Å². The molecule has 0 bridgehead atoms. The van der Waals surface area contributed by atoms with Crippen LogP contribution in [0.25, 0.3) is 0 Å². The number of phenols is 2. The van der Waals surface area contributed by atoms with Crippen LogP contribution >= 0.6 is 15.9 Å². The molecule has 0 saturated carbocycles. The fraction of sp³-hybridized carbons (Fsp3) is 0.231. The number of nitrogens with one attached hydrogen (secondary N) is 2. The number of rotatable bonds is 6. The van der Waals surface area contributed by atoms with Crippen molar-refractivity contribution >= 4 is 27.9 Å². The van der Waals surface area contributed by atoms with E-state index >= 15 is 0 Å². The molecule has 21 heavy (non-hydrogen) atoms. The predicted molar refractivity (Wildman–Crippen MR) is 79.5 cm³/mol. The van der Waals surface area contributed by atoms with Gasteiger partial charge < -0.3 is 26.0 Å². The first kappa shape index (κ1) is 16.8. The second-order valence-corrected chi connectivity index (χ2v) is 5.38. The number of halogens is 1. The number of carbonyl (C=O) groups excluding carboxylic acids is 1. The highest BCUT2D eigenvalue weighted by molar-refractivity contribution is 9.11. The van der Waals surface area contributed by atoms with E-state index in [2.05, 4.69) is 33.1 Å². The van der Waals surface area contributed by atoms with Crippen molar-refractivity contribution in [3.63, 3.8) is 0 Å². The third-order valence-electron chi connectivity index (χ3n) is 2.52. The fourth-order valence-corrected chi connectivity index (χ4v) is 1.66. The van der Waals surface area contributed by atoms with Crippen LogP contribution in [0.15, 0.2) is 29.3 Å². The van der Waals surface area contributed by atoms with E-state index in [-0.39, 0.29) is 24.5 Å². The Kier molecular flexibility index (Phi) is 6.04. The number of carbonyl (C=O) groups is 2. The van der Waals surface area contributed by atoms with Gasteiger partial charge in [0.2, 0.25) is 0 Å². The number of hydrogen-bond acceptors (Lipinski definition) is 4. The van der Waals surface area contributed by atoms with Crippen molar-refractivity contribution in [3.8, 4) is 11.5 Å². The highest BCUT2D eigenvalue weighted by atomic mass is 79.9. The maximum atomic E-state index is 11.5. The molecule has 1 unspecified atom stereocenters. The van der Waals surface area contributed by atoms with E-state index in [9.17, 15) is 19.8 Å². The molecule has 0 aromatic heterocycles. The third-order valence-corrected chi connectivity index (χ3v) is 2.80. The van der Waals surface area contributed by atoms with Crippen molar-refractivity contribution in [2.45, 2.75) is 12.5 Å². The molecule has 114 valence electrons. The zero-order valence-corrected chi connectivity index (χ0v) is 12.6. The maximum Gasteiger partial charge on any atom is 0.326 e. The van der Waals surface area contributed by atoms with Gasteiger partial charge in [0.25, 0.3) is 0 Å². The Labute approximate surface area is 129 Å². The van der Waals surface area contributed by atoms with Gasteiger partial charge in [-0.05, 0) is 17.7 Å². The molecule has 1 aromatic carbocycles. The molecule has 0 aliphatic carbocycles. The smallest absolute Gasteiger partial charge is 0.326 e. The van der Waals surface area contributed by atoms with Crippen LogP contribution in [-0.2, 0) is 11.2 Å². The number of hydrogen-bond donors (Lipinski definition) is 5. The van der Waals surface area contributed by atoms with Gasteiger partial charge in [-0.1, -0.05) is 28.6 Å². The summed E-state index contributed by atoms with van der Waals surface area (Å²) in [6.45, 7) is 3.70. The summed E-state index contributed by atoms with van der Waals surface area (Å²) in [5.74, 6) is -1.86. The molecule has 0 spiro atoms. The molecule has 2 amide bonds. The minimum absolute atomic E-state index is 0.0359. The highest BCUT2D eigenvalue weighted by Crippen LogP contribution is 2.25. The van der Waals surface area contributed by atoms with Crippen LogP contribution in [0.3, 0.4) is 0 Å². The summed E-state index contributed by atoms with van der Waals surface area (Å²) in [6.07, 6.45) is -0.0359. The van der Waals surface area contributed by atoms with Gasteiger partial charge in [-0.15, -0.1) is 0 Å². The van der Waals surface area contributed by atoms with Crippen molar-refractivity contribution in [2.24, 2.45) is 0 Å². The minimum Gasteiger partial charge on any atom is -0.504 e. The monoisotopic (exact) mass is 358 g/mol. The topological polar surface area (TPSA) is 119 Å². The average molecular weight is 359 g/mol. The van der Waals surface area contributed by atoms with Crippen LogP contribution in [0.5, 0.6) is 11.5 Å². The van der Waals surface area contributed by atoms with Crippen LogP contribution in [-0.4, -0.2) is 39.9 Å². The molecular formula is C13H15BrN2O5. The van der Waals surface area contributed by atoms with Gasteiger partial charge in [0, 0.05) is 10.9 Å². The van der Waals surface area contributed by atoms with E-state index in [0.717, 1.165) is 0 Å². The standard InChI is InChI=1S/C13H15BrN2O5/c1-7(14)6-15-13(21)16-9(12(19)20)4-8-2-3-10(17)11(18)5-8/h2-3,5,9,17-18H,1,4,6H2,(H,19,20)(H2,15,16,21). The van der Waals surface area contributed by atoms with Crippen molar-refractivity contribution < 1.29 is 24.9 Å². The lowest BCUT2D eigenvalue weighted by atomic mass is 10.1. The zero-order chi connectivity index (χ0) is 16.0. The number of carboxylic acids is 1. The number of amides is 2. The highest BCUT2D eigenvalue weighted by Gasteiger charge is 2.20. The Bertz CT molecular complexity index is 561. The summed E-state index contributed by atoms with van der Waals surface area (Å²) < 4.78 is 0.549. The molecule has 5 N–H and O–H groups in total. The third kappa shape index (κ3) is 5.74. The van der Waals surface area contributed by atoms with E-state index < -0.39 is 18.0 Å². The molecule has 0 saturated heterocycles. The van der Waals surface area contributed by atoms with Crippen molar-refractivity contribution in [1.82, 2.24) is 10.6 Å². The van der Waals surface area contributed by atoms with Gasteiger partial charge >= 0.3 is 12.0 Å². The van der Waals surface area contributed by atoms with E-state index in [4.69, 9.17) is 5.11 Å². The number of urea groups is 1. The maximum absolute atomic E-state index is 11.5. The van der Waals surface area contributed by atoms with Gasteiger partial charge in [0.05, 0.1) is 6.54 Å². The Balaban J connectivity index is 2.69. The van der Waals surface area contributed by atoms with Crippen LogP contribution in [0.2, 0.25) is 0 Å². The lowest BCUT2D eigenvalue weighted by Gasteiger charge is -2.15. The molecule has 1 atom stereocenters. The first-order chi connectivity index (χ1) is 9.79. The van der Waals surface area contributed by atoms with Gasteiger partial charge in [-0.25, -0.2) is 9.59 Å². The summed E-state index contributed by atoms with van der Waals surface area (Å²) in [5.41, 5.74) is 0.461. The lowest BCUT2D eigenvalue weighted by Crippen LogP contribution is -2.47. The zero-order valence-electron chi connectivity index (χ0n) is 11.0. The van der Waals surface area contributed by atoms with Crippen molar-refractivity contribution in [1.29, 1.82) is 0 Å². The SMILES string of the molecule is C=C(Br)CNC(=O)NC(Cc1ccc(O)c(O)c1)C(=O)O. The second-order valence-electron chi connectivity index (χ2n) is 4.26. The van der Waals surface area contributed by atoms with E-state index in [1.165, 1.54) is 18.2 Å². The van der Waals surface area contributed by atoms with Crippen molar-refractivity contribution in [3.05, 3.63) is 34.8 Å². The number of phenolic OH excluding ortho intramolecular Hbond substituents is 2. The fourth-order valence-electron chi connectivity index (χ4n) is 1.52. The molecule has 0 radical (unpaired) electrons. The summed E-state index contributed by atoms with van der Waals surface area (Å²) in [7, 11) is 0. The molecule has 0 fully saturated rings. The first-order valence-electron chi connectivity index (χ1n) is 5.91. The van der Waals surface area contributed by atoms with E-state index in [1.807, 2.05) is 0 Å². The van der Waals surface area contributed by atoms with Crippen molar-refractivity contribution in [2.75, 3.05) is 6.54 Å². The number of aromatic hydroxyl groups is 2. The molecular weight excluding hydrogens is 344 g/mol. The summed E-state index contributed by atoms with van der Waals surface area (Å²) in [4.78, 5) is 22.7. The molecule has 1 aromatic rings. The van der Waals surface area contributed by atoms with Gasteiger partial charge in [-0.2, -0.15) is 0 Å². The number of carboxylic acid groups (broad SMARTS) is 1. The molecule has 0 aliphatic heterocycles. The largest absolute Gasteiger partial charge is 0.504 e. The quantitative estimate of drug-likeness (QED) is 0.491. The number of aliphatic carboxylic acids is 1. The Morgan fingerprint density at radius 3 is 2.48 bits per heavy atom. The molecule has 7 nitrogen and oxygen atoms in total. The molecule has 8 heteroatoms. The molecule has 0 heterocycles. The average Bonchev–Trinajstić information content (AvgIpc) is 2.39. The molecule has 0 aliphatic rings. The Morgan fingerprint density at radius 1 is 1.29 bits per heavy atom. The van der Waals surface area contributed by atoms with Gasteiger partial charge in [0.15, 0.2) is 11.5 Å². The second kappa shape index (κ2) is 7.53. The van der Waals surface area contributed by atoms with Crippen LogP contribution in [0.1, 0.15) is 5.56 Å². The minimum atomic E-state index is -1.21. The summed E-state index contributed by atoms with van der Waals surface area (Å²) in [5, 5.41) is 32.4. The summed E-state index contributed by atoms with van der Waals surface area (Å²) in [6, 6.07) is 2.14.